The average Bonchev–Trinajstić information content (AvgIpc) is 2.67. The molecule has 0 aliphatic heterocycles. The van der Waals surface area contributed by atoms with Crippen molar-refractivity contribution >= 4 is 52.1 Å². The van der Waals surface area contributed by atoms with Crippen LogP contribution < -0.4 is 16.0 Å². The van der Waals surface area contributed by atoms with Gasteiger partial charge in [0.1, 0.15) is 11.7 Å². The van der Waals surface area contributed by atoms with E-state index in [-0.39, 0.29) is 40.9 Å². The van der Waals surface area contributed by atoms with Crippen molar-refractivity contribution in [1.29, 1.82) is 0 Å². The molecule has 0 spiro atoms. The number of aliphatic carboxylic acids is 1. The maximum absolute atomic E-state index is 12.2. The van der Waals surface area contributed by atoms with Gasteiger partial charge in [-0.25, -0.2) is 0 Å². The number of carboxylic acid groups (broad SMARTS) is 1. The van der Waals surface area contributed by atoms with E-state index < -0.39 is 22.8 Å². The van der Waals surface area contributed by atoms with Crippen molar-refractivity contribution in [3.63, 3.8) is 0 Å². The predicted octanol–water partition coefficient (Wildman–Crippen LogP) is 3.39. The zero-order valence-electron chi connectivity index (χ0n) is 15.0. The molecule has 0 aromatic heterocycles. The molecule has 29 heavy (non-hydrogen) atoms. The number of hydrogen-bond acceptors (Lipinski definition) is 6. The van der Waals surface area contributed by atoms with Crippen molar-refractivity contribution < 1.29 is 19.6 Å². The molecule has 1 amide bonds. The Hall–Kier alpha value is -2.88. The first-order valence-electron chi connectivity index (χ1n) is 8.47. The van der Waals surface area contributed by atoms with Crippen LogP contribution in [0.25, 0.3) is 0 Å². The average molecular weight is 441 g/mol. The molecule has 4 N–H and O–H groups in total. The smallest absolute Gasteiger partial charge is 0.321 e. The van der Waals surface area contributed by atoms with Gasteiger partial charge in [0.05, 0.1) is 27.1 Å². The molecule has 0 aliphatic carbocycles. The van der Waals surface area contributed by atoms with Crippen molar-refractivity contribution in [2.24, 2.45) is 0 Å². The van der Waals surface area contributed by atoms with E-state index in [1.54, 1.807) is 36.4 Å². The minimum absolute atomic E-state index is 0.0833. The first-order valence-corrected chi connectivity index (χ1v) is 9.22. The van der Waals surface area contributed by atoms with E-state index >= 15 is 0 Å². The van der Waals surface area contributed by atoms with Crippen LogP contribution >= 0.6 is 23.2 Å². The van der Waals surface area contributed by atoms with Gasteiger partial charge in [-0.15, -0.1) is 0 Å². The molecular weight excluding hydrogens is 423 g/mol. The Morgan fingerprint density at radius 1 is 1.07 bits per heavy atom. The quantitative estimate of drug-likeness (QED) is 0.252. The molecule has 11 heteroatoms. The van der Waals surface area contributed by atoms with Crippen LogP contribution in [0.4, 0.5) is 17.1 Å². The number of carbonyl (C=O) groups is 2. The third kappa shape index (κ3) is 6.60. The highest BCUT2D eigenvalue weighted by Gasteiger charge is 2.21. The zero-order chi connectivity index (χ0) is 21.4. The molecule has 0 aliphatic rings. The summed E-state index contributed by atoms with van der Waals surface area (Å²) in [7, 11) is 0. The summed E-state index contributed by atoms with van der Waals surface area (Å²) in [5.74, 6) is -1.76. The fourth-order valence-electron chi connectivity index (χ4n) is 2.46. The molecule has 0 fully saturated rings. The maximum Gasteiger partial charge on any atom is 0.321 e. The summed E-state index contributed by atoms with van der Waals surface area (Å²) < 4.78 is 0. The lowest BCUT2D eigenvalue weighted by Gasteiger charge is -2.15. The van der Waals surface area contributed by atoms with Gasteiger partial charge in [-0.3, -0.25) is 19.7 Å². The Balaban J connectivity index is 1.87. The summed E-state index contributed by atoms with van der Waals surface area (Å²) >= 11 is 11.9. The first-order chi connectivity index (χ1) is 13.8. The van der Waals surface area contributed by atoms with Gasteiger partial charge in [0.15, 0.2) is 0 Å². The molecule has 2 rings (SSSR count). The molecule has 1 atom stereocenters. The Kier molecular flexibility index (Phi) is 8.20. The first kappa shape index (κ1) is 22.4. The lowest BCUT2D eigenvalue weighted by atomic mass is 10.2. The zero-order valence-corrected chi connectivity index (χ0v) is 16.5. The van der Waals surface area contributed by atoms with E-state index in [1.807, 2.05) is 0 Å². The lowest BCUT2D eigenvalue weighted by Crippen LogP contribution is -2.41. The Morgan fingerprint density at radius 3 is 2.45 bits per heavy atom. The second-order valence-corrected chi connectivity index (χ2v) is 6.68. The van der Waals surface area contributed by atoms with Crippen LogP contribution in [-0.2, 0) is 9.59 Å². The number of nitro groups is 1. The van der Waals surface area contributed by atoms with E-state index in [9.17, 15) is 24.8 Å². The molecular formula is C18H18Cl2N4O5. The second-order valence-electron chi connectivity index (χ2n) is 5.90. The molecule has 0 heterocycles. The monoisotopic (exact) mass is 440 g/mol. The number of anilines is 2. The highest BCUT2D eigenvalue weighted by Crippen LogP contribution is 2.29. The van der Waals surface area contributed by atoms with Crippen molar-refractivity contribution in [1.82, 2.24) is 5.32 Å². The fraction of sp³-hybridized carbons (Fsp3) is 0.222. The summed E-state index contributed by atoms with van der Waals surface area (Å²) in [6, 6.07) is 9.67. The summed E-state index contributed by atoms with van der Waals surface area (Å²) in [5, 5.41) is 28.8. The summed E-state index contributed by atoms with van der Waals surface area (Å²) in [5.41, 5.74) is 0.519. The lowest BCUT2D eigenvalue weighted by molar-refractivity contribution is -0.384. The van der Waals surface area contributed by atoms with Gasteiger partial charge in [-0.2, -0.15) is 0 Å². The molecule has 2 aromatic carbocycles. The summed E-state index contributed by atoms with van der Waals surface area (Å²) in [4.78, 5) is 34.0. The second kappa shape index (κ2) is 10.6. The Bertz CT molecular complexity index is 910. The van der Waals surface area contributed by atoms with E-state index in [2.05, 4.69) is 16.0 Å². The number of halogens is 2. The van der Waals surface area contributed by atoms with Crippen LogP contribution in [0, 0.1) is 10.1 Å². The molecule has 0 unspecified atom stereocenters. The fourth-order valence-corrected chi connectivity index (χ4v) is 2.81. The van der Waals surface area contributed by atoms with Gasteiger partial charge < -0.3 is 21.1 Å². The predicted molar refractivity (Wildman–Crippen MR) is 111 cm³/mol. The van der Waals surface area contributed by atoms with Crippen molar-refractivity contribution in [3.8, 4) is 0 Å². The molecule has 0 bridgehead atoms. The molecule has 0 radical (unpaired) electrons. The van der Waals surface area contributed by atoms with Crippen LogP contribution in [-0.4, -0.2) is 41.0 Å². The molecule has 9 nitrogen and oxygen atoms in total. The van der Waals surface area contributed by atoms with Crippen LogP contribution in [0.1, 0.15) is 6.42 Å². The van der Waals surface area contributed by atoms with E-state index in [1.165, 1.54) is 6.07 Å². The van der Waals surface area contributed by atoms with Crippen LogP contribution in [0.15, 0.2) is 42.5 Å². The minimum atomic E-state index is -1.21. The summed E-state index contributed by atoms with van der Waals surface area (Å²) in [6.07, 6.45) is -0.344. The molecule has 0 saturated carbocycles. The van der Waals surface area contributed by atoms with E-state index in [0.717, 1.165) is 0 Å². The van der Waals surface area contributed by atoms with Crippen molar-refractivity contribution in [3.05, 3.63) is 62.6 Å². The SMILES string of the molecule is O=C(C[C@@H](NCCNc1ccccc1[N+](=O)[O-])C(=O)O)Nc1cccc(Cl)c1Cl. The van der Waals surface area contributed by atoms with Gasteiger partial charge in [0.25, 0.3) is 5.69 Å². The van der Waals surface area contributed by atoms with E-state index in [0.29, 0.717) is 5.69 Å². The van der Waals surface area contributed by atoms with Crippen molar-refractivity contribution in [2.45, 2.75) is 12.5 Å². The van der Waals surface area contributed by atoms with Gasteiger partial charge in [0, 0.05) is 19.2 Å². The number of amides is 1. The highest BCUT2D eigenvalue weighted by atomic mass is 35.5. The Morgan fingerprint density at radius 2 is 1.76 bits per heavy atom. The number of carbonyl (C=O) groups excluding carboxylic acids is 1. The van der Waals surface area contributed by atoms with Crippen molar-refractivity contribution in [2.75, 3.05) is 23.7 Å². The number of nitro benzene ring substituents is 1. The number of nitrogens with zero attached hydrogens (tertiary/aromatic N) is 1. The van der Waals surface area contributed by atoms with Crippen LogP contribution in [0.2, 0.25) is 10.0 Å². The number of carboxylic acids is 1. The Labute approximate surface area is 176 Å². The number of benzene rings is 2. The highest BCUT2D eigenvalue weighted by molar-refractivity contribution is 6.44. The summed E-state index contributed by atoms with van der Waals surface area (Å²) in [6.45, 7) is 0.380. The third-order valence-electron chi connectivity index (χ3n) is 3.85. The molecule has 2 aromatic rings. The maximum atomic E-state index is 12.2. The van der Waals surface area contributed by atoms with Gasteiger partial charge >= 0.3 is 5.97 Å². The minimum Gasteiger partial charge on any atom is -0.480 e. The molecule has 154 valence electrons. The number of rotatable bonds is 10. The van der Waals surface area contributed by atoms with Gasteiger partial charge in [-0.1, -0.05) is 41.4 Å². The number of nitrogens with one attached hydrogen (secondary N) is 3. The molecule has 0 saturated heterocycles. The topological polar surface area (TPSA) is 134 Å². The largest absolute Gasteiger partial charge is 0.480 e. The van der Waals surface area contributed by atoms with E-state index in [4.69, 9.17) is 23.2 Å². The van der Waals surface area contributed by atoms with Gasteiger partial charge in [-0.05, 0) is 18.2 Å². The third-order valence-corrected chi connectivity index (χ3v) is 4.66. The van der Waals surface area contributed by atoms with Crippen LogP contribution in [0.5, 0.6) is 0 Å². The number of para-hydroxylation sites is 2. The normalized spacial score (nSPS) is 11.5. The van der Waals surface area contributed by atoms with Crippen LogP contribution in [0.3, 0.4) is 0 Å². The van der Waals surface area contributed by atoms with Gasteiger partial charge in [0.2, 0.25) is 5.91 Å². The standard InChI is InChI=1S/C18H18Cl2N4O5/c19-11-4-3-6-13(17(11)20)23-16(25)10-14(18(26)27)22-9-8-21-12-5-1-2-7-15(12)24(28)29/h1-7,14,21-22H,8-10H2,(H,23,25)(H,26,27)/t14-/m1/s1. The number of hydrogen-bond donors (Lipinski definition) is 4.